The third-order valence-electron chi connectivity index (χ3n) is 6.00. The van der Waals surface area contributed by atoms with Gasteiger partial charge < -0.3 is 4.90 Å². The molecule has 3 aromatic rings. The van der Waals surface area contributed by atoms with E-state index in [0.29, 0.717) is 29.0 Å². The Bertz CT molecular complexity index is 1210. The van der Waals surface area contributed by atoms with Crippen molar-refractivity contribution >= 4 is 27.5 Å². The molecule has 6 nitrogen and oxygen atoms in total. The van der Waals surface area contributed by atoms with Crippen molar-refractivity contribution in [3.05, 3.63) is 61.1 Å². The zero-order chi connectivity index (χ0) is 21.4. The third kappa shape index (κ3) is 3.31. The Balaban J connectivity index is 1.97. The lowest BCUT2D eigenvalue weighted by Gasteiger charge is -2.20. The molecule has 0 aliphatic heterocycles. The monoisotopic (exact) mass is 425 g/mol. The Kier molecular flexibility index (Phi) is 5.64. The van der Waals surface area contributed by atoms with E-state index in [0.717, 1.165) is 36.8 Å². The summed E-state index contributed by atoms with van der Waals surface area (Å²) in [6.45, 7) is 7.04. The predicted octanol–water partition coefficient (Wildman–Crippen LogP) is 3.13. The van der Waals surface area contributed by atoms with Crippen LogP contribution in [0.2, 0.25) is 0 Å². The van der Waals surface area contributed by atoms with Crippen molar-refractivity contribution < 1.29 is 4.79 Å². The van der Waals surface area contributed by atoms with E-state index >= 15 is 0 Å². The number of aryl methyl sites for hydroxylation is 3. The zero-order valence-corrected chi connectivity index (χ0v) is 18.6. The van der Waals surface area contributed by atoms with E-state index in [2.05, 4.69) is 6.92 Å². The first-order valence-corrected chi connectivity index (χ1v) is 11.5. The van der Waals surface area contributed by atoms with Crippen LogP contribution in [0, 0.1) is 0 Å². The Morgan fingerprint density at radius 1 is 1.07 bits per heavy atom. The summed E-state index contributed by atoms with van der Waals surface area (Å²) in [4.78, 5) is 43.3. The number of likely N-dealkylation sites (N-methyl/N-ethyl adjacent to an activating group) is 1. The maximum atomic E-state index is 13.5. The van der Waals surface area contributed by atoms with Crippen molar-refractivity contribution in [3.8, 4) is 5.69 Å². The van der Waals surface area contributed by atoms with E-state index in [4.69, 9.17) is 0 Å². The summed E-state index contributed by atoms with van der Waals surface area (Å²) in [7, 11) is 0. The van der Waals surface area contributed by atoms with Gasteiger partial charge in [0.05, 0.1) is 11.1 Å². The molecule has 1 aromatic carbocycles. The van der Waals surface area contributed by atoms with Crippen molar-refractivity contribution in [1.29, 1.82) is 0 Å². The van der Waals surface area contributed by atoms with Crippen LogP contribution in [0.3, 0.4) is 0 Å². The van der Waals surface area contributed by atoms with Gasteiger partial charge in [-0.1, -0.05) is 19.1 Å². The zero-order valence-electron chi connectivity index (χ0n) is 17.7. The molecule has 0 atom stereocenters. The van der Waals surface area contributed by atoms with Crippen molar-refractivity contribution in [1.82, 2.24) is 14.0 Å². The fourth-order valence-electron chi connectivity index (χ4n) is 4.27. The molecule has 0 saturated heterocycles. The number of nitrogens with zero attached hydrogens (tertiary/aromatic N) is 3. The number of aromatic nitrogens is 2. The summed E-state index contributed by atoms with van der Waals surface area (Å²) in [5, 5.41) is 0.610. The SMILES string of the molecule is CCc1ccc(-n2c(=O)c3c4c(sc3n(CC(=O)N(CC)CC)c2=O)CCC4)cc1. The second kappa shape index (κ2) is 8.22. The molecule has 0 N–H and O–H groups in total. The molecule has 7 heteroatoms. The number of benzene rings is 1. The van der Waals surface area contributed by atoms with Crippen LogP contribution in [0.15, 0.2) is 33.9 Å². The van der Waals surface area contributed by atoms with Gasteiger partial charge in [0.25, 0.3) is 5.56 Å². The van der Waals surface area contributed by atoms with Crippen LogP contribution < -0.4 is 11.2 Å². The maximum absolute atomic E-state index is 13.5. The Hall–Kier alpha value is -2.67. The molecule has 1 aliphatic rings. The highest BCUT2D eigenvalue weighted by atomic mass is 32.1. The van der Waals surface area contributed by atoms with Crippen LogP contribution in [0.25, 0.3) is 15.9 Å². The highest BCUT2D eigenvalue weighted by molar-refractivity contribution is 7.19. The highest BCUT2D eigenvalue weighted by Gasteiger charge is 2.26. The molecule has 4 rings (SSSR count). The lowest BCUT2D eigenvalue weighted by Crippen LogP contribution is -2.42. The molecule has 2 aromatic heterocycles. The van der Waals surface area contributed by atoms with Crippen LogP contribution >= 0.6 is 11.3 Å². The molecule has 0 unspecified atom stereocenters. The van der Waals surface area contributed by atoms with Crippen molar-refractivity contribution in [2.45, 2.75) is 53.0 Å². The molecule has 1 amide bonds. The first kappa shape index (κ1) is 20.6. The molecule has 0 saturated carbocycles. The van der Waals surface area contributed by atoms with E-state index in [1.165, 1.54) is 25.3 Å². The number of thiophene rings is 1. The minimum Gasteiger partial charge on any atom is -0.342 e. The van der Waals surface area contributed by atoms with Crippen LogP contribution in [-0.2, 0) is 30.6 Å². The summed E-state index contributed by atoms with van der Waals surface area (Å²) in [5.41, 5.74) is 2.03. The van der Waals surface area contributed by atoms with E-state index < -0.39 is 5.69 Å². The molecule has 0 spiro atoms. The summed E-state index contributed by atoms with van der Waals surface area (Å²) in [6.07, 6.45) is 3.69. The largest absolute Gasteiger partial charge is 0.342 e. The van der Waals surface area contributed by atoms with Gasteiger partial charge in [0.1, 0.15) is 11.4 Å². The number of amides is 1. The smallest absolute Gasteiger partial charge is 0.337 e. The number of fused-ring (bicyclic) bond motifs is 3. The molecule has 2 heterocycles. The van der Waals surface area contributed by atoms with E-state index in [9.17, 15) is 14.4 Å². The second-order valence-corrected chi connectivity index (χ2v) is 8.72. The average molecular weight is 426 g/mol. The average Bonchev–Trinajstić information content (AvgIpc) is 3.34. The molecule has 30 heavy (non-hydrogen) atoms. The minimum atomic E-state index is -0.447. The molecular weight excluding hydrogens is 398 g/mol. The Labute approximate surface area is 179 Å². The van der Waals surface area contributed by atoms with Crippen LogP contribution in [0.1, 0.15) is 43.2 Å². The van der Waals surface area contributed by atoms with Gasteiger partial charge in [-0.2, -0.15) is 0 Å². The lowest BCUT2D eigenvalue weighted by atomic mass is 10.1. The summed E-state index contributed by atoms with van der Waals surface area (Å²) in [5.74, 6) is -0.108. The van der Waals surface area contributed by atoms with Gasteiger partial charge >= 0.3 is 5.69 Å². The van der Waals surface area contributed by atoms with E-state index in [1.54, 1.807) is 4.90 Å². The maximum Gasteiger partial charge on any atom is 0.337 e. The number of rotatable bonds is 6. The fraction of sp³-hybridized carbons (Fsp3) is 0.435. The van der Waals surface area contributed by atoms with Crippen molar-refractivity contribution in [3.63, 3.8) is 0 Å². The van der Waals surface area contributed by atoms with E-state index in [-0.39, 0.29) is 18.0 Å². The summed E-state index contributed by atoms with van der Waals surface area (Å²) >= 11 is 1.50. The molecule has 1 aliphatic carbocycles. The van der Waals surface area contributed by atoms with Crippen LogP contribution in [0.5, 0.6) is 0 Å². The summed E-state index contributed by atoms with van der Waals surface area (Å²) < 4.78 is 2.75. The van der Waals surface area contributed by atoms with Crippen LogP contribution in [0.4, 0.5) is 0 Å². The lowest BCUT2D eigenvalue weighted by molar-refractivity contribution is -0.131. The van der Waals surface area contributed by atoms with E-state index in [1.807, 2.05) is 38.1 Å². The molecular formula is C23H27N3O3S. The second-order valence-electron chi connectivity index (χ2n) is 7.63. The van der Waals surface area contributed by atoms with Gasteiger partial charge in [-0.3, -0.25) is 14.2 Å². The normalized spacial score (nSPS) is 13.0. The van der Waals surface area contributed by atoms with Gasteiger partial charge in [0.15, 0.2) is 0 Å². The van der Waals surface area contributed by atoms with Crippen LogP contribution in [-0.4, -0.2) is 33.0 Å². The van der Waals surface area contributed by atoms with Crippen molar-refractivity contribution in [2.75, 3.05) is 13.1 Å². The quantitative estimate of drug-likeness (QED) is 0.610. The fourth-order valence-corrected chi connectivity index (χ4v) is 5.64. The van der Waals surface area contributed by atoms with Gasteiger partial charge in [0, 0.05) is 18.0 Å². The van der Waals surface area contributed by atoms with Gasteiger partial charge in [0.2, 0.25) is 5.91 Å². The number of carbonyl (C=O) groups excluding carboxylic acids is 1. The first-order valence-electron chi connectivity index (χ1n) is 10.7. The molecule has 0 fully saturated rings. The number of hydrogen-bond donors (Lipinski definition) is 0. The third-order valence-corrected chi connectivity index (χ3v) is 7.31. The van der Waals surface area contributed by atoms with Crippen molar-refractivity contribution in [2.24, 2.45) is 0 Å². The first-order chi connectivity index (χ1) is 14.5. The number of carbonyl (C=O) groups is 1. The molecule has 0 radical (unpaired) electrons. The topological polar surface area (TPSA) is 64.3 Å². The number of hydrogen-bond acceptors (Lipinski definition) is 4. The van der Waals surface area contributed by atoms with Gasteiger partial charge in [-0.25, -0.2) is 9.36 Å². The minimum absolute atomic E-state index is 0.0519. The molecule has 158 valence electrons. The molecule has 0 bridgehead atoms. The standard InChI is InChI=1S/C23H27N3O3S/c1-4-15-10-12-16(13-11-15)26-21(28)20-17-8-7-9-18(17)30-22(20)25(23(26)29)14-19(27)24(5-2)6-3/h10-13H,4-9,14H2,1-3H3. The Morgan fingerprint density at radius 2 is 1.77 bits per heavy atom. The summed E-state index contributed by atoms with van der Waals surface area (Å²) in [6, 6.07) is 7.51. The highest BCUT2D eigenvalue weighted by Crippen LogP contribution is 2.35. The Morgan fingerprint density at radius 3 is 2.40 bits per heavy atom. The van der Waals surface area contributed by atoms with Gasteiger partial charge in [-0.05, 0) is 62.8 Å². The predicted molar refractivity (Wildman–Crippen MR) is 121 cm³/mol. The van der Waals surface area contributed by atoms with Gasteiger partial charge in [-0.15, -0.1) is 11.3 Å².